The molecule has 3 aromatic carbocycles. The van der Waals surface area contributed by atoms with Crippen LogP contribution in [0.4, 0.5) is 4.39 Å². The number of imidazole rings is 1. The molecule has 0 aliphatic carbocycles. The molecule has 2 saturated heterocycles. The summed E-state index contributed by atoms with van der Waals surface area (Å²) in [4.78, 5) is 25.8. The maximum absolute atomic E-state index is 13.7. The number of rotatable bonds is 5. The molecule has 2 unspecified atom stereocenters. The first-order chi connectivity index (χ1) is 18.0. The van der Waals surface area contributed by atoms with Gasteiger partial charge in [-0.05, 0) is 73.2 Å². The highest BCUT2D eigenvalue weighted by Crippen LogP contribution is 2.29. The third-order valence-corrected chi connectivity index (χ3v) is 7.63. The number of halogens is 1. The predicted molar refractivity (Wildman–Crippen MR) is 143 cm³/mol. The largest absolute Gasteiger partial charge is 0.392 e. The fourth-order valence-electron chi connectivity index (χ4n) is 5.70. The Balaban J connectivity index is 1.24. The number of β-amino-alcohol motifs (C(OH)–C–C–N with tert-alkyl or cyclic N) is 1. The average Bonchev–Trinajstić information content (AvgIpc) is 3.54. The van der Waals surface area contributed by atoms with Crippen LogP contribution in [-0.4, -0.2) is 69.1 Å². The van der Waals surface area contributed by atoms with Crippen molar-refractivity contribution < 1.29 is 14.3 Å². The van der Waals surface area contributed by atoms with Crippen LogP contribution < -0.4 is 0 Å². The Kier molecular flexibility index (Phi) is 6.49. The second kappa shape index (κ2) is 10.1. The highest BCUT2D eigenvalue weighted by Gasteiger charge is 2.31. The Morgan fingerprint density at radius 1 is 0.973 bits per heavy atom. The molecule has 7 heteroatoms. The molecule has 0 radical (unpaired) electrons. The second-order valence-electron chi connectivity index (χ2n) is 10.3. The minimum absolute atomic E-state index is 0.0711. The van der Waals surface area contributed by atoms with E-state index in [0.717, 1.165) is 62.0 Å². The van der Waals surface area contributed by atoms with Crippen molar-refractivity contribution >= 4 is 16.9 Å². The molecular weight excluding hydrogens is 467 g/mol. The number of benzene rings is 3. The molecule has 6 nitrogen and oxygen atoms in total. The van der Waals surface area contributed by atoms with Gasteiger partial charge in [0.05, 0.1) is 17.1 Å². The third kappa shape index (κ3) is 5.02. The van der Waals surface area contributed by atoms with Crippen LogP contribution in [0.2, 0.25) is 0 Å². The molecule has 190 valence electrons. The van der Waals surface area contributed by atoms with E-state index in [1.54, 1.807) is 6.07 Å². The van der Waals surface area contributed by atoms with Gasteiger partial charge in [0.25, 0.3) is 5.91 Å². The van der Waals surface area contributed by atoms with Crippen LogP contribution in [0, 0.1) is 5.82 Å². The molecule has 2 fully saturated rings. The first-order valence-corrected chi connectivity index (χ1v) is 13.1. The molecule has 4 aromatic rings. The zero-order valence-corrected chi connectivity index (χ0v) is 20.7. The van der Waals surface area contributed by atoms with Crippen LogP contribution in [0.5, 0.6) is 0 Å². The average molecular weight is 499 g/mol. The summed E-state index contributed by atoms with van der Waals surface area (Å²) in [7, 11) is 0. The van der Waals surface area contributed by atoms with Crippen molar-refractivity contribution in [2.24, 2.45) is 0 Å². The number of hydrogen-bond acceptors (Lipinski definition) is 4. The quantitative estimate of drug-likeness (QED) is 0.402. The van der Waals surface area contributed by atoms with E-state index in [2.05, 4.69) is 14.9 Å². The van der Waals surface area contributed by atoms with Crippen molar-refractivity contribution in [3.05, 3.63) is 78.1 Å². The van der Waals surface area contributed by atoms with E-state index in [4.69, 9.17) is 0 Å². The standard InChI is InChI=1S/C30H31FN4O2/c31-24-10-11-27-28(17-24)33-29(32-27)22-7-3-5-20(15-22)21-6-4-8-23(16-21)30(37)35-13-2-1-9-25(35)18-34-14-12-26(36)19-34/h3-8,10-11,15-17,25-26,36H,1-2,9,12-14,18-19H2,(H,32,33). The number of piperidine rings is 1. The monoisotopic (exact) mass is 498 g/mol. The molecule has 1 aromatic heterocycles. The fourth-order valence-corrected chi connectivity index (χ4v) is 5.70. The number of nitrogens with zero attached hydrogens (tertiary/aromatic N) is 3. The number of carbonyl (C=O) groups excluding carboxylic acids is 1. The lowest BCUT2D eigenvalue weighted by Crippen LogP contribution is -2.49. The lowest BCUT2D eigenvalue weighted by Gasteiger charge is -2.38. The molecule has 3 heterocycles. The highest BCUT2D eigenvalue weighted by atomic mass is 19.1. The van der Waals surface area contributed by atoms with E-state index in [9.17, 15) is 14.3 Å². The summed E-state index contributed by atoms with van der Waals surface area (Å²) in [6.07, 6.45) is 3.72. The van der Waals surface area contributed by atoms with Crippen molar-refractivity contribution in [1.82, 2.24) is 19.8 Å². The number of carbonyl (C=O) groups is 1. The number of nitrogens with one attached hydrogen (secondary N) is 1. The van der Waals surface area contributed by atoms with E-state index in [1.807, 2.05) is 53.4 Å². The molecule has 1 amide bonds. The topological polar surface area (TPSA) is 72.5 Å². The third-order valence-electron chi connectivity index (χ3n) is 7.63. The maximum atomic E-state index is 13.7. The second-order valence-corrected chi connectivity index (χ2v) is 10.3. The van der Waals surface area contributed by atoms with Gasteiger partial charge >= 0.3 is 0 Å². The van der Waals surface area contributed by atoms with Gasteiger partial charge in [-0.1, -0.05) is 30.3 Å². The molecule has 0 saturated carbocycles. The SMILES string of the molecule is O=C(c1cccc(-c2cccc(-c3nc4ccc(F)cc4[nH]3)c2)c1)N1CCCCC1CN1CCC(O)C1. The van der Waals surface area contributed by atoms with E-state index in [-0.39, 0.29) is 23.9 Å². The summed E-state index contributed by atoms with van der Waals surface area (Å²) in [6.45, 7) is 3.19. The number of fused-ring (bicyclic) bond motifs is 1. The number of aromatic amines is 1. The van der Waals surface area contributed by atoms with Gasteiger partial charge in [-0.3, -0.25) is 9.69 Å². The molecule has 2 atom stereocenters. The van der Waals surface area contributed by atoms with Crippen LogP contribution >= 0.6 is 0 Å². The van der Waals surface area contributed by atoms with E-state index in [1.165, 1.54) is 12.1 Å². The number of H-pyrrole nitrogens is 1. The van der Waals surface area contributed by atoms with Gasteiger partial charge in [-0.2, -0.15) is 0 Å². The predicted octanol–water partition coefficient (Wildman–Crippen LogP) is 5.10. The molecular formula is C30H31FN4O2. The number of likely N-dealkylation sites (tertiary alicyclic amines) is 2. The van der Waals surface area contributed by atoms with Crippen molar-refractivity contribution in [3.8, 4) is 22.5 Å². The van der Waals surface area contributed by atoms with Gasteiger partial charge in [-0.25, -0.2) is 9.37 Å². The molecule has 2 aliphatic heterocycles. The van der Waals surface area contributed by atoms with Gasteiger partial charge in [0, 0.05) is 43.3 Å². The molecule has 2 aliphatic rings. The summed E-state index contributed by atoms with van der Waals surface area (Å²) in [6, 6.07) is 20.5. The molecule has 0 spiro atoms. The number of aliphatic hydroxyl groups excluding tert-OH is 1. The van der Waals surface area contributed by atoms with Gasteiger partial charge in [0.15, 0.2) is 0 Å². The van der Waals surface area contributed by atoms with E-state index in [0.29, 0.717) is 29.0 Å². The molecule has 6 rings (SSSR count). The van der Waals surface area contributed by atoms with Gasteiger partial charge in [-0.15, -0.1) is 0 Å². The summed E-state index contributed by atoms with van der Waals surface area (Å²) in [5.74, 6) is 0.450. The maximum Gasteiger partial charge on any atom is 0.254 e. The smallest absolute Gasteiger partial charge is 0.254 e. The number of aliphatic hydroxyl groups is 1. The minimum atomic E-state index is -0.299. The van der Waals surface area contributed by atoms with Gasteiger partial charge in [0.1, 0.15) is 11.6 Å². The molecule has 2 N–H and O–H groups in total. The Bertz CT molecular complexity index is 1430. The zero-order chi connectivity index (χ0) is 25.4. The van der Waals surface area contributed by atoms with Crippen LogP contribution in [0.3, 0.4) is 0 Å². The normalized spacial score (nSPS) is 20.5. The minimum Gasteiger partial charge on any atom is -0.392 e. The fraction of sp³-hybridized carbons (Fsp3) is 0.333. The van der Waals surface area contributed by atoms with Crippen molar-refractivity contribution in [2.75, 3.05) is 26.2 Å². The number of amides is 1. The van der Waals surface area contributed by atoms with Crippen molar-refractivity contribution in [2.45, 2.75) is 37.8 Å². The van der Waals surface area contributed by atoms with Crippen molar-refractivity contribution in [1.29, 1.82) is 0 Å². The van der Waals surface area contributed by atoms with Gasteiger partial charge < -0.3 is 15.0 Å². The van der Waals surface area contributed by atoms with E-state index >= 15 is 0 Å². The number of hydrogen-bond donors (Lipinski definition) is 2. The van der Waals surface area contributed by atoms with Crippen LogP contribution in [0.15, 0.2) is 66.7 Å². The van der Waals surface area contributed by atoms with E-state index < -0.39 is 0 Å². The van der Waals surface area contributed by atoms with Crippen LogP contribution in [-0.2, 0) is 0 Å². The van der Waals surface area contributed by atoms with Crippen LogP contribution in [0.1, 0.15) is 36.0 Å². The Hall–Kier alpha value is -3.55. The lowest BCUT2D eigenvalue weighted by atomic mass is 9.98. The number of aromatic nitrogens is 2. The summed E-state index contributed by atoms with van der Waals surface area (Å²) < 4.78 is 13.6. The highest BCUT2D eigenvalue weighted by molar-refractivity contribution is 5.96. The first-order valence-electron chi connectivity index (χ1n) is 13.1. The lowest BCUT2D eigenvalue weighted by molar-refractivity contribution is 0.0552. The Morgan fingerprint density at radius 2 is 1.78 bits per heavy atom. The first kappa shape index (κ1) is 23.8. The zero-order valence-electron chi connectivity index (χ0n) is 20.7. The summed E-state index contributed by atoms with van der Waals surface area (Å²) >= 11 is 0. The Morgan fingerprint density at radius 3 is 2.62 bits per heavy atom. The van der Waals surface area contributed by atoms with Crippen molar-refractivity contribution in [3.63, 3.8) is 0 Å². The Labute approximate surface area is 215 Å². The summed E-state index contributed by atoms with van der Waals surface area (Å²) in [5, 5.41) is 9.92. The summed E-state index contributed by atoms with van der Waals surface area (Å²) in [5.41, 5.74) is 4.91. The van der Waals surface area contributed by atoms with Gasteiger partial charge in [0.2, 0.25) is 0 Å². The van der Waals surface area contributed by atoms with Crippen LogP contribution in [0.25, 0.3) is 33.5 Å². The molecule has 0 bridgehead atoms. The molecule has 37 heavy (non-hydrogen) atoms.